The van der Waals surface area contributed by atoms with Gasteiger partial charge in [-0.3, -0.25) is 5.10 Å². The van der Waals surface area contributed by atoms with Crippen LogP contribution in [0.2, 0.25) is 0 Å². The molecular formula is C8H7F3N4OS. The predicted octanol–water partition coefficient (Wildman–Crippen LogP) is 1.55. The van der Waals surface area contributed by atoms with E-state index < -0.39 is 17.3 Å². The van der Waals surface area contributed by atoms with Gasteiger partial charge in [0.1, 0.15) is 11.9 Å². The highest BCUT2D eigenvalue weighted by molar-refractivity contribution is 7.11. The Morgan fingerprint density at radius 2 is 2.12 bits per heavy atom. The lowest BCUT2D eigenvalue weighted by molar-refractivity contribution is -0.137. The number of alkyl halides is 3. The van der Waals surface area contributed by atoms with Crippen LogP contribution in [0, 0.1) is 0 Å². The van der Waals surface area contributed by atoms with Gasteiger partial charge in [-0.25, -0.2) is 4.98 Å². The van der Waals surface area contributed by atoms with Gasteiger partial charge in [-0.2, -0.15) is 18.3 Å². The van der Waals surface area contributed by atoms with Crippen molar-refractivity contribution < 1.29 is 18.3 Å². The van der Waals surface area contributed by atoms with E-state index in [0.29, 0.717) is 11.3 Å². The van der Waals surface area contributed by atoms with Crippen molar-refractivity contribution >= 4 is 17.2 Å². The Morgan fingerprint density at radius 1 is 1.41 bits per heavy atom. The Morgan fingerprint density at radius 3 is 2.59 bits per heavy atom. The van der Waals surface area contributed by atoms with Crippen molar-refractivity contribution in [2.75, 3.05) is 5.73 Å². The number of aliphatic hydroxyl groups excluding tert-OH is 1. The highest BCUT2D eigenvalue weighted by atomic mass is 32.1. The van der Waals surface area contributed by atoms with Gasteiger partial charge in [0.05, 0.1) is 11.1 Å². The van der Waals surface area contributed by atoms with Crippen LogP contribution in [0.1, 0.15) is 21.6 Å². The van der Waals surface area contributed by atoms with E-state index in [0.717, 1.165) is 6.20 Å². The summed E-state index contributed by atoms with van der Waals surface area (Å²) in [4.78, 5) is 3.27. The molecule has 2 heterocycles. The van der Waals surface area contributed by atoms with Gasteiger partial charge in [-0.05, 0) is 0 Å². The van der Waals surface area contributed by atoms with Crippen LogP contribution in [0.15, 0.2) is 12.4 Å². The fourth-order valence-electron chi connectivity index (χ4n) is 1.22. The summed E-state index contributed by atoms with van der Waals surface area (Å²) in [5, 5.41) is 14.8. The van der Waals surface area contributed by atoms with E-state index in [4.69, 9.17) is 5.73 Å². The maximum Gasteiger partial charge on any atom is 0.443 e. The summed E-state index contributed by atoms with van der Waals surface area (Å²) in [5.74, 6) is 0.111. The van der Waals surface area contributed by atoms with Gasteiger partial charge >= 0.3 is 6.18 Å². The molecule has 0 saturated carbocycles. The monoisotopic (exact) mass is 264 g/mol. The fraction of sp³-hybridized carbons (Fsp3) is 0.250. The van der Waals surface area contributed by atoms with Crippen LogP contribution in [0.3, 0.4) is 0 Å². The van der Waals surface area contributed by atoms with Crippen LogP contribution in [-0.2, 0) is 6.18 Å². The summed E-state index contributed by atoms with van der Waals surface area (Å²) in [6, 6.07) is 0. The van der Waals surface area contributed by atoms with Crippen molar-refractivity contribution in [3.8, 4) is 0 Å². The Labute approximate surface area is 97.1 Å². The van der Waals surface area contributed by atoms with Crippen LogP contribution < -0.4 is 5.73 Å². The molecule has 0 aliphatic carbocycles. The van der Waals surface area contributed by atoms with Gasteiger partial charge in [-0.1, -0.05) is 0 Å². The lowest BCUT2D eigenvalue weighted by Gasteiger charge is -2.05. The zero-order valence-corrected chi connectivity index (χ0v) is 9.01. The number of nitrogens with zero attached hydrogens (tertiary/aromatic N) is 2. The number of H-pyrrole nitrogens is 1. The van der Waals surface area contributed by atoms with E-state index in [1.165, 1.54) is 6.20 Å². The average molecular weight is 264 g/mol. The molecule has 0 spiro atoms. The number of hydrogen-bond donors (Lipinski definition) is 3. The van der Waals surface area contributed by atoms with Crippen LogP contribution in [0.5, 0.6) is 0 Å². The summed E-state index contributed by atoms with van der Waals surface area (Å²) in [6.07, 6.45) is -3.54. The second-order valence-corrected chi connectivity index (χ2v) is 4.27. The number of halogens is 3. The third kappa shape index (κ3) is 2.24. The van der Waals surface area contributed by atoms with E-state index in [1.54, 1.807) is 0 Å². The summed E-state index contributed by atoms with van der Waals surface area (Å²) in [7, 11) is 0. The summed E-state index contributed by atoms with van der Waals surface area (Å²) < 4.78 is 36.9. The number of aromatic nitrogens is 3. The predicted molar refractivity (Wildman–Crippen MR) is 54.2 cm³/mol. The molecule has 0 aromatic carbocycles. The third-order valence-electron chi connectivity index (χ3n) is 2.03. The molecule has 5 nitrogen and oxygen atoms in total. The molecule has 0 aliphatic heterocycles. The minimum atomic E-state index is -4.51. The first-order chi connectivity index (χ1) is 7.89. The van der Waals surface area contributed by atoms with E-state index >= 15 is 0 Å². The van der Waals surface area contributed by atoms with Crippen molar-refractivity contribution in [2.45, 2.75) is 12.3 Å². The number of rotatable bonds is 2. The van der Waals surface area contributed by atoms with Gasteiger partial charge in [-0.15, -0.1) is 11.3 Å². The van der Waals surface area contributed by atoms with Crippen molar-refractivity contribution in [3.05, 3.63) is 27.8 Å². The molecule has 4 N–H and O–H groups in total. The molecule has 1 atom stereocenters. The van der Waals surface area contributed by atoms with Gasteiger partial charge in [0.2, 0.25) is 0 Å². The second-order valence-electron chi connectivity index (χ2n) is 3.21. The minimum Gasteiger partial charge on any atom is -0.384 e. The van der Waals surface area contributed by atoms with Crippen LogP contribution in [-0.4, -0.2) is 20.3 Å². The van der Waals surface area contributed by atoms with Crippen molar-refractivity contribution in [1.29, 1.82) is 0 Å². The first-order valence-corrected chi connectivity index (χ1v) is 5.21. The van der Waals surface area contributed by atoms with Gasteiger partial charge in [0, 0.05) is 11.8 Å². The Kier molecular flexibility index (Phi) is 2.79. The van der Waals surface area contributed by atoms with Crippen molar-refractivity contribution in [1.82, 2.24) is 15.2 Å². The molecule has 0 aliphatic rings. The molecule has 0 bridgehead atoms. The number of nitrogen functional groups attached to an aromatic ring is 1. The lowest BCUT2D eigenvalue weighted by atomic mass is 10.2. The highest BCUT2D eigenvalue weighted by Gasteiger charge is 2.35. The summed E-state index contributed by atoms with van der Waals surface area (Å²) in [6.45, 7) is 0. The molecule has 0 saturated heterocycles. The van der Waals surface area contributed by atoms with Crippen LogP contribution in [0.25, 0.3) is 0 Å². The molecule has 0 radical (unpaired) electrons. The smallest absolute Gasteiger partial charge is 0.384 e. The van der Waals surface area contributed by atoms with Gasteiger partial charge < -0.3 is 10.8 Å². The van der Waals surface area contributed by atoms with Gasteiger partial charge in [0.15, 0.2) is 5.01 Å². The molecular weight excluding hydrogens is 257 g/mol. The standard InChI is InChI=1S/C8H7F3N4OS/c9-8(10,11)7-13-2-4(17-7)5(16)3-1-14-15-6(3)12/h1-2,5,16H,(H3,12,14,15). The summed E-state index contributed by atoms with van der Waals surface area (Å²) >= 11 is 0.372. The first-order valence-electron chi connectivity index (χ1n) is 4.39. The zero-order chi connectivity index (χ0) is 12.6. The molecule has 2 rings (SSSR count). The Balaban J connectivity index is 2.30. The number of aliphatic hydroxyl groups is 1. The third-order valence-corrected chi connectivity index (χ3v) is 3.12. The van der Waals surface area contributed by atoms with Gasteiger partial charge in [0.25, 0.3) is 0 Å². The molecule has 0 amide bonds. The molecule has 9 heteroatoms. The Hall–Kier alpha value is -1.61. The van der Waals surface area contributed by atoms with E-state index in [2.05, 4.69) is 15.2 Å². The summed E-state index contributed by atoms with van der Waals surface area (Å²) in [5.41, 5.74) is 5.68. The number of aromatic amines is 1. The highest BCUT2D eigenvalue weighted by Crippen LogP contribution is 2.36. The topological polar surface area (TPSA) is 87.8 Å². The number of thiazole rings is 1. The zero-order valence-electron chi connectivity index (χ0n) is 8.19. The first kappa shape index (κ1) is 11.9. The Bertz CT molecular complexity index is 521. The largest absolute Gasteiger partial charge is 0.443 e. The maximum atomic E-state index is 12.3. The fourth-order valence-corrected chi connectivity index (χ4v) is 2.01. The number of anilines is 1. The molecule has 0 fully saturated rings. The number of nitrogens with one attached hydrogen (secondary N) is 1. The minimum absolute atomic E-state index is 0.0606. The van der Waals surface area contributed by atoms with Crippen molar-refractivity contribution in [2.24, 2.45) is 0 Å². The van der Waals surface area contributed by atoms with E-state index in [1.807, 2.05) is 0 Å². The second kappa shape index (κ2) is 4.00. The molecule has 92 valence electrons. The van der Waals surface area contributed by atoms with Crippen molar-refractivity contribution in [3.63, 3.8) is 0 Å². The van der Waals surface area contributed by atoms with Crippen LogP contribution in [0.4, 0.5) is 19.0 Å². The molecule has 17 heavy (non-hydrogen) atoms. The number of nitrogens with two attached hydrogens (primary N) is 1. The quantitative estimate of drug-likeness (QED) is 0.767. The lowest BCUT2D eigenvalue weighted by Crippen LogP contribution is -2.03. The average Bonchev–Trinajstić information content (AvgIpc) is 2.83. The maximum absolute atomic E-state index is 12.3. The number of hydrogen-bond acceptors (Lipinski definition) is 5. The molecule has 2 aromatic heterocycles. The van der Waals surface area contributed by atoms with E-state index in [-0.39, 0.29) is 16.3 Å². The molecule has 2 aromatic rings. The molecule has 1 unspecified atom stereocenters. The van der Waals surface area contributed by atoms with E-state index in [9.17, 15) is 18.3 Å². The normalized spacial score (nSPS) is 13.9. The SMILES string of the molecule is Nc1[nH]ncc1C(O)c1cnc(C(F)(F)F)s1. The van der Waals surface area contributed by atoms with Crippen LogP contribution >= 0.6 is 11.3 Å².